The van der Waals surface area contributed by atoms with Gasteiger partial charge in [0.25, 0.3) is 0 Å². The second-order valence-electron chi connectivity index (χ2n) is 23.8. The molecule has 0 radical (unpaired) electrons. The molecule has 2 amide bonds. The summed E-state index contributed by atoms with van der Waals surface area (Å²) < 4.78 is 16.5. The first kappa shape index (κ1) is 50.6. The van der Waals surface area contributed by atoms with Gasteiger partial charge in [0, 0.05) is 117 Å². The van der Waals surface area contributed by atoms with Crippen molar-refractivity contribution in [2.75, 3.05) is 55.6 Å². The highest BCUT2D eigenvalue weighted by molar-refractivity contribution is 5.87. The molecule has 0 bridgehead atoms. The van der Waals surface area contributed by atoms with Gasteiger partial charge in [-0.3, -0.25) is 18.8 Å². The molecule has 3 saturated heterocycles. The number of fused-ring (bicyclic) bond motifs is 3. The van der Waals surface area contributed by atoms with Crippen LogP contribution in [0.2, 0.25) is 0 Å². The summed E-state index contributed by atoms with van der Waals surface area (Å²) in [5.41, 5.74) is 12.3. The van der Waals surface area contributed by atoms with Gasteiger partial charge in [-0.1, -0.05) is 0 Å². The number of hydrogen-bond donors (Lipinski definition) is 4. The standard InChI is InChI=1S/C20H28N4O2.C15H20N4.C12H19NO3.C8H9N3/c1-19(2,3)26-18(25)24-8-7-20(13-24)10-16(11-20)22-15-6-5-14-12-21-23(4)17(14)9-15;1-19-14-6-12(3-2-11(14)9-17-19)18-13-7-15(8-13)4-5-16-10-15;1-11(2,3)16-10(15)13-5-4-12(8-13)6-9(14)7-12;1-11-8-4-7(9)3-2-6(8)5-10-11/h5-6,9,12,16,22H,7-8,10-11,13H2,1-4H3;2-3,6,9,13,16,18H,4-5,7-8,10H2,1H3;4-8H2,1-3H3;2-5H,9H2,1H3. The lowest BCUT2D eigenvalue weighted by molar-refractivity contribution is -0.132. The van der Waals surface area contributed by atoms with E-state index in [1.54, 1.807) is 4.90 Å². The molecule has 17 nitrogen and oxygen atoms in total. The average molecular weight is 985 g/mol. The summed E-state index contributed by atoms with van der Waals surface area (Å²) in [6.07, 6.45) is 14.7. The molecule has 6 aromatic rings. The maximum absolute atomic E-state index is 12.3. The number of carbonyl (C=O) groups excluding carboxylic acids is 3. The van der Waals surface area contributed by atoms with Crippen molar-refractivity contribution in [2.45, 2.75) is 123 Å². The molecule has 386 valence electrons. The van der Waals surface area contributed by atoms with Gasteiger partial charge in [0.15, 0.2) is 0 Å². The summed E-state index contributed by atoms with van der Waals surface area (Å²) in [5.74, 6) is 0.325. The molecule has 6 fully saturated rings. The predicted molar refractivity (Wildman–Crippen MR) is 284 cm³/mol. The van der Waals surface area contributed by atoms with Crippen molar-refractivity contribution in [1.82, 2.24) is 44.5 Å². The van der Waals surface area contributed by atoms with E-state index in [2.05, 4.69) is 67.6 Å². The van der Waals surface area contributed by atoms with Crippen molar-refractivity contribution < 1.29 is 23.9 Å². The molecular weight excluding hydrogens is 909 g/mol. The van der Waals surface area contributed by atoms with Gasteiger partial charge in [0.2, 0.25) is 0 Å². The van der Waals surface area contributed by atoms with Gasteiger partial charge in [-0.05, 0) is 158 Å². The number of ketones is 1. The highest BCUT2D eigenvalue weighted by Gasteiger charge is 2.51. The van der Waals surface area contributed by atoms with E-state index in [9.17, 15) is 14.4 Å². The number of nitrogen functional groups attached to an aromatic ring is 1. The van der Waals surface area contributed by atoms with E-state index in [-0.39, 0.29) is 23.0 Å². The number of nitrogens with one attached hydrogen (secondary N) is 3. The summed E-state index contributed by atoms with van der Waals surface area (Å²) in [5, 5.41) is 27.0. The van der Waals surface area contributed by atoms with E-state index in [0.717, 1.165) is 78.5 Å². The van der Waals surface area contributed by atoms with E-state index in [0.29, 0.717) is 42.7 Å². The number of ether oxygens (including phenoxy) is 2. The van der Waals surface area contributed by atoms with Gasteiger partial charge in [-0.2, -0.15) is 15.3 Å². The van der Waals surface area contributed by atoms with Crippen molar-refractivity contribution in [3.63, 3.8) is 0 Å². The minimum Gasteiger partial charge on any atom is -0.444 e. The molecule has 3 aliphatic carbocycles. The number of aromatic nitrogens is 6. The van der Waals surface area contributed by atoms with Gasteiger partial charge in [-0.25, -0.2) is 9.59 Å². The number of aryl methyl sites for hydroxylation is 3. The van der Waals surface area contributed by atoms with Crippen molar-refractivity contribution in [3.05, 3.63) is 73.2 Å². The zero-order valence-electron chi connectivity index (χ0n) is 43.9. The van der Waals surface area contributed by atoms with Crippen LogP contribution >= 0.6 is 0 Å². The molecule has 3 spiro atoms. The van der Waals surface area contributed by atoms with Gasteiger partial charge < -0.3 is 41.0 Å². The van der Waals surface area contributed by atoms with Crippen LogP contribution in [-0.2, 0) is 35.4 Å². The number of carbonyl (C=O) groups is 3. The minimum absolute atomic E-state index is 0.0913. The van der Waals surface area contributed by atoms with Crippen molar-refractivity contribution in [3.8, 4) is 0 Å². The molecule has 3 aromatic carbocycles. The molecule has 3 saturated carbocycles. The van der Waals surface area contributed by atoms with Crippen LogP contribution in [0.3, 0.4) is 0 Å². The summed E-state index contributed by atoms with van der Waals surface area (Å²) >= 11 is 0. The first-order valence-corrected chi connectivity index (χ1v) is 25.8. The minimum atomic E-state index is -0.442. The van der Waals surface area contributed by atoms with Crippen LogP contribution in [-0.4, -0.2) is 120 Å². The first-order valence-electron chi connectivity index (χ1n) is 25.8. The topological polar surface area (TPSA) is 192 Å². The van der Waals surface area contributed by atoms with Gasteiger partial charge in [-0.15, -0.1) is 0 Å². The molecule has 3 aliphatic heterocycles. The Morgan fingerprint density at radius 1 is 0.625 bits per heavy atom. The summed E-state index contributed by atoms with van der Waals surface area (Å²) in [6.45, 7) is 16.8. The summed E-state index contributed by atoms with van der Waals surface area (Å²) in [6, 6.07) is 19.8. The van der Waals surface area contributed by atoms with Crippen molar-refractivity contribution in [1.29, 1.82) is 0 Å². The Morgan fingerprint density at radius 2 is 1.06 bits per heavy atom. The smallest absolute Gasteiger partial charge is 0.410 e. The van der Waals surface area contributed by atoms with E-state index < -0.39 is 11.2 Å². The maximum Gasteiger partial charge on any atom is 0.410 e. The van der Waals surface area contributed by atoms with Gasteiger partial charge >= 0.3 is 12.2 Å². The number of likely N-dealkylation sites (tertiary alicyclic amines) is 2. The lowest BCUT2D eigenvalue weighted by atomic mass is 9.65. The van der Waals surface area contributed by atoms with Gasteiger partial charge in [0.1, 0.15) is 17.0 Å². The van der Waals surface area contributed by atoms with Crippen LogP contribution in [0, 0.1) is 16.2 Å². The molecule has 17 heteroatoms. The number of amides is 2. The number of anilines is 3. The SMILES string of the molecule is CC(C)(C)OC(=O)N1CCC2(CC(=O)C2)C1.Cn1ncc2ccc(N)cc21.Cn1ncc2ccc(NC3CC4(CCN(C(=O)OC(C)(C)C)C4)C3)cc21.Cn1ncc2ccc(NC3CC4(CCNC4)C3)cc21. The first-order chi connectivity index (χ1) is 34.0. The van der Waals surface area contributed by atoms with E-state index in [4.69, 9.17) is 15.2 Å². The zero-order chi connectivity index (χ0) is 51.2. The molecule has 0 atom stereocenters. The Labute approximate surface area is 423 Å². The monoisotopic (exact) mass is 985 g/mol. The second-order valence-corrected chi connectivity index (χ2v) is 23.8. The van der Waals surface area contributed by atoms with Crippen molar-refractivity contribution >= 4 is 67.7 Å². The van der Waals surface area contributed by atoms with Crippen LogP contribution in [0.1, 0.15) is 99.3 Å². The number of nitrogens with zero attached hydrogens (tertiary/aromatic N) is 8. The van der Waals surface area contributed by atoms with Crippen LogP contribution in [0.5, 0.6) is 0 Å². The highest BCUT2D eigenvalue weighted by Crippen LogP contribution is 2.50. The second kappa shape index (κ2) is 19.6. The Bertz CT molecular complexity index is 2910. The summed E-state index contributed by atoms with van der Waals surface area (Å²) in [7, 11) is 5.87. The molecule has 5 N–H and O–H groups in total. The molecular formula is C55H76N12O5. The molecule has 6 aliphatic rings. The Kier molecular flexibility index (Phi) is 13.8. The number of rotatable bonds is 4. The number of hydrogen-bond acceptors (Lipinski definition) is 12. The Morgan fingerprint density at radius 3 is 1.50 bits per heavy atom. The average Bonchev–Trinajstić information content (AvgIpc) is 4.16. The van der Waals surface area contributed by atoms with Crippen LogP contribution in [0.4, 0.5) is 26.7 Å². The fraction of sp³-hybridized carbons (Fsp3) is 0.564. The fourth-order valence-electron chi connectivity index (χ4n) is 11.7. The van der Waals surface area contributed by atoms with Crippen molar-refractivity contribution in [2.24, 2.45) is 37.4 Å². The van der Waals surface area contributed by atoms with Crippen LogP contribution < -0.4 is 21.7 Å². The summed E-state index contributed by atoms with van der Waals surface area (Å²) in [4.78, 5) is 38.7. The van der Waals surface area contributed by atoms with Crippen LogP contribution in [0.15, 0.2) is 73.2 Å². The highest BCUT2D eigenvalue weighted by atomic mass is 16.6. The van der Waals surface area contributed by atoms with E-state index in [1.165, 1.54) is 48.9 Å². The molecule has 3 aromatic heterocycles. The Hall–Kier alpha value is -6.36. The largest absolute Gasteiger partial charge is 0.444 e. The van der Waals surface area contributed by atoms with Gasteiger partial charge in [0.05, 0.1) is 35.1 Å². The third-order valence-corrected chi connectivity index (χ3v) is 15.4. The Balaban J connectivity index is 0.000000124. The predicted octanol–water partition coefficient (Wildman–Crippen LogP) is 9.03. The quantitative estimate of drug-likeness (QED) is 0.123. The lowest BCUT2D eigenvalue weighted by Crippen LogP contribution is -2.47. The zero-order valence-corrected chi connectivity index (χ0v) is 43.9. The number of Topliss-reactive ketones (excluding diaryl/α,β-unsaturated/α-hetero) is 1. The van der Waals surface area contributed by atoms with Crippen LogP contribution in [0.25, 0.3) is 32.7 Å². The maximum atomic E-state index is 12.3. The molecule has 6 heterocycles. The van der Waals surface area contributed by atoms with E-state index >= 15 is 0 Å². The number of benzene rings is 3. The lowest BCUT2D eigenvalue weighted by Gasteiger charge is -2.45. The normalized spacial score (nSPS) is 23.9. The third kappa shape index (κ3) is 11.6. The number of nitrogens with two attached hydrogens (primary N) is 1. The molecule has 72 heavy (non-hydrogen) atoms. The molecule has 12 rings (SSSR count). The molecule has 0 unspecified atom stereocenters. The van der Waals surface area contributed by atoms with E-state index in [1.807, 2.05) is 118 Å². The third-order valence-electron chi connectivity index (χ3n) is 15.4. The fourth-order valence-corrected chi connectivity index (χ4v) is 11.7.